The van der Waals surface area contributed by atoms with E-state index in [4.69, 9.17) is 4.74 Å². The van der Waals surface area contributed by atoms with Crippen molar-refractivity contribution in [1.29, 1.82) is 0 Å². The molecule has 0 fully saturated rings. The highest BCUT2D eigenvalue weighted by Gasteiger charge is 2.20. The van der Waals surface area contributed by atoms with Crippen molar-refractivity contribution in [3.63, 3.8) is 0 Å². The van der Waals surface area contributed by atoms with Crippen LogP contribution in [0.5, 0.6) is 0 Å². The molecule has 27 heavy (non-hydrogen) atoms. The van der Waals surface area contributed by atoms with Crippen LogP contribution in [0.4, 0.5) is 5.82 Å². The van der Waals surface area contributed by atoms with E-state index >= 15 is 0 Å². The molecule has 1 aliphatic carbocycles. The molecular formula is C20H19N3O3S. The summed E-state index contributed by atoms with van der Waals surface area (Å²) >= 11 is 1.47. The predicted molar refractivity (Wildman–Crippen MR) is 104 cm³/mol. The maximum Gasteiger partial charge on any atom is 0.348 e. The molecular weight excluding hydrogens is 362 g/mol. The number of hydrogen-bond acceptors (Lipinski definition) is 5. The summed E-state index contributed by atoms with van der Waals surface area (Å²) in [4.78, 5) is 26.3. The highest BCUT2D eigenvalue weighted by molar-refractivity contribution is 7.14. The minimum absolute atomic E-state index is 0.333. The molecule has 1 aromatic carbocycles. The largest absolute Gasteiger partial charge is 0.451 e. The molecule has 0 aliphatic heterocycles. The molecule has 1 aliphatic rings. The van der Waals surface area contributed by atoms with Gasteiger partial charge in [0.2, 0.25) is 0 Å². The van der Waals surface area contributed by atoms with Crippen LogP contribution in [0.25, 0.3) is 5.69 Å². The fraction of sp³-hybridized carbons (Fsp3) is 0.250. The van der Waals surface area contributed by atoms with Crippen molar-refractivity contribution >= 4 is 29.0 Å². The lowest BCUT2D eigenvalue weighted by molar-refractivity contribution is -0.119. The van der Waals surface area contributed by atoms with E-state index in [0.717, 1.165) is 30.6 Å². The topological polar surface area (TPSA) is 73.2 Å². The Bertz CT molecular complexity index is 970. The number of hydrogen-bond donors (Lipinski definition) is 1. The van der Waals surface area contributed by atoms with Crippen molar-refractivity contribution in [2.45, 2.75) is 26.2 Å². The van der Waals surface area contributed by atoms with Crippen LogP contribution in [0.1, 0.15) is 32.2 Å². The molecule has 3 aromatic rings. The lowest BCUT2D eigenvalue weighted by Crippen LogP contribution is -2.22. The summed E-state index contributed by atoms with van der Waals surface area (Å²) in [5.74, 6) is -0.309. The van der Waals surface area contributed by atoms with Gasteiger partial charge in [0.1, 0.15) is 10.7 Å². The number of nitrogens with zero attached hydrogens (tertiary/aromatic N) is 2. The number of rotatable bonds is 5. The van der Waals surface area contributed by atoms with Crippen LogP contribution in [-0.2, 0) is 22.4 Å². The normalized spacial score (nSPS) is 12.6. The van der Waals surface area contributed by atoms with E-state index in [1.165, 1.54) is 21.8 Å². The third kappa shape index (κ3) is 3.78. The number of aryl methyl sites for hydroxylation is 3. The Balaban J connectivity index is 1.39. The molecule has 0 saturated heterocycles. The highest BCUT2D eigenvalue weighted by Crippen LogP contribution is 2.30. The van der Waals surface area contributed by atoms with Gasteiger partial charge >= 0.3 is 5.97 Å². The summed E-state index contributed by atoms with van der Waals surface area (Å²) < 4.78 is 6.83. The molecule has 1 amide bonds. The first-order valence-electron chi connectivity index (χ1n) is 8.81. The molecule has 0 atom stereocenters. The molecule has 2 heterocycles. The number of ether oxygens (including phenoxy) is 1. The second-order valence-electron chi connectivity index (χ2n) is 6.46. The summed E-state index contributed by atoms with van der Waals surface area (Å²) in [5, 5.41) is 7.16. The quantitative estimate of drug-likeness (QED) is 0.686. The number of thiophene rings is 1. The zero-order valence-electron chi connectivity index (χ0n) is 14.9. The zero-order valence-corrected chi connectivity index (χ0v) is 15.7. The van der Waals surface area contributed by atoms with E-state index in [1.807, 2.05) is 43.3 Å². The van der Waals surface area contributed by atoms with E-state index in [-0.39, 0.29) is 6.61 Å². The fourth-order valence-electron chi connectivity index (χ4n) is 3.17. The van der Waals surface area contributed by atoms with Crippen LogP contribution in [-0.4, -0.2) is 28.3 Å². The second-order valence-corrected chi connectivity index (χ2v) is 7.59. The van der Waals surface area contributed by atoms with Crippen LogP contribution >= 0.6 is 11.3 Å². The molecule has 2 aromatic heterocycles. The average molecular weight is 381 g/mol. The smallest absolute Gasteiger partial charge is 0.348 e. The van der Waals surface area contributed by atoms with E-state index in [0.29, 0.717) is 10.7 Å². The van der Waals surface area contributed by atoms with Crippen molar-refractivity contribution in [2.24, 2.45) is 0 Å². The number of benzene rings is 1. The van der Waals surface area contributed by atoms with Crippen LogP contribution in [0.15, 0.2) is 42.5 Å². The van der Waals surface area contributed by atoms with E-state index in [2.05, 4.69) is 10.4 Å². The monoisotopic (exact) mass is 381 g/mol. The van der Waals surface area contributed by atoms with Crippen LogP contribution in [0.3, 0.4) is 0 Å². The third-order valence-corrected chi connectivity index (χ3v) is 5.60. The summed E-state index contributed by atoms with van der Waals surface area (Å²) in [7, 11) is 0. The molecule has 0 unspecified atom stereocenters. The molecule has 4 rings (SSSR count). The zero-order chi connectivity index (χ0) is 18.8. The molecule has 0 saturated carbocycles. The Hall–Kier alpha value is -2.93. The average Bonchev–Trinajstić information content (AvgIpc) is 3.35. The predicted octanol–water partition coefficient (Wildman–Crippen LogP) is 3.53. The number of carbonyl (C=O) groups is 2. The summed E-state index contributed by atoms with van der Waals surface area (Å²) in [6.07, 6.45) is 3.19. The first-order chi connectivity index (χ1) is 13.1. The van der Waals surface area contributed by atoms with Gasteiger partial charge in [-0.15, -0.1) is 11.3 Å². The van der Waals surface area contributed by atoms with Gasteiger partial charge < -0.3 is 10.1 Å². The standard InChI is InChI=1S/C20H19N3O3S/c1-13-10-18(23(22-13)15-7-3-2-4-8-15)21-19(24)12-26-20(25)17-11-14-6-5-9-16(14)27-17/h2-4,7-8,10-11H,5-6,9,12H2,1H3,(H,21,24). The maximum atomic E-state index is 12.3. The van der Waals surface area contributed by atoms with Gasteiger partial charge in [0.05, 0.1) is 11.4 Å². The number of anilines is 1. The van der Waals surface area contributed by atoms with Gasteiger partial charge in [-0.2, -0.15) is 5.10 Å². The van der Waals surface area contributed by atoms with Crippen LogP contribution in [0.2, 0.25) is 0 Å². The first-order valence-corrected chi connectivity index (χ1v) is 9.62. The van der Waals surface area contributed by atoms with Gasteiger partial charge in [0.25, 0.3) is 5.91 Å². The Morgan fingerprint density at radius 1 is 1.22 bits per heavy atom. The number of fused-ring (bicyclic) bond motifs is 1. The molecule has 1 N–H and O–H groups in total. The minimum Gasteiger partial charge on any atom is -0.451 e. The van der Waals surface area contributed by atoms with Crippen LogP contribution in [0, 0.1) is 6.92 Å². The van der Waals surface area contributed by atoms with Gasteiger partial charge in [-0.25, -0.2) is 9.48 Å². The number of esters is 1. The SMILES string of the molecule is Cc1cc(NC(=O)COC(=O)c2cc3c(s2)CCC3)n(-c2ccccc2)n1. The van der Waals surface area contributed by atoms with Crippen molar-refractivity contribution in [2.75, 3.05) is 11.9 Å². The molecule has 138 valence electrons. The summed E-state index contributed by atoms with van der Waals surface area (Å²) in [6, 6.07) is 13.2. The first kappa shape index (κ1) is 17.5. The fourth-order valence-corrected chi connectivity index (χ4v) is 4.31. The molecule has 6 nitrogen and oxygen atoms in total. The van der Waals surface area contributed by atoms with Gasteiger partial charge in [-0.05, 0) is 49.9 Å². The van der Waals surface area contributed by atoms with Crippen molar-refractivity contribution < 1.29 is 14.3 Å². The van der Waals surface area contributed by atoms with Crippen molar-refractivity contribution in [3.8, 4) is 5.69 Å². The maximum absolute atomic E-state index is 12.3. The van der Waals surface area contributed by atoms with Gasteiger partial charge in [0, 0.05) is 10.9 Å². The second kappa shape index (κ2) is 7.36. The molecule has 7 heteroatoms. The third-order valence-electron chi connectivity index (χ3n) is 4.38. The number of amides is 1. The van der Waals surface area contributed by atoms with Crippen molar-refractivity contribution in [1.82, 2.24) is 9.78 Å². The lowest BCUT2D eigenvalue weighted by atomic mass is 10.2. The summed E-state index contributed by atoms with van der Waals surface area (Å²) in [6.45, 7) is 1.52. The Kier molecular flexibility index (Phi) is 4.77. The van der Waals surface area contributed by atoms with Gasteiger partial charge in [0.15, 0.2) is 6.61 Å². The van der Waals surface area contributed by atoms with E-state index in [9.17, 15) is 9.59 Å². The highest BCUT2D eigenvalue weighted by atomic mass is 32.1. The Labute approximate surface area is 160 Å². The van der Waals surface area contributed by atoms with Gasteiger partial charge in [-0.1, -0.05) is 18.2 Å². The van der Waals surface area contributed by atoms with Gasteiger partial charge in [-0.3, -0.25) is 4.79 Å². The Morgan fingerprint density at radius 3 is 2.81 bits per heavy atom. The molecule has 0 radical (unpaired) electrons. The minimum atomic E-state index is -0.447. The number of nitrogens with one attached hydrogen (secondary N) is 1. The van der Waals surface area contributed by atoms with Crippen LogP contribution < -0.4 is 5.32 Å². The number of carbonyl (C=O) groups excluding carboxylic acids is 2. The number of para-hydroxylation sites is 1. The Morgan fingerprint density at radius 2 is 2.04 bits per heavy atom. The van der Waals surface area contributed by atoms with E-state index in [1.54, 1.807) is 10.7 Å². The lowest BCUT2D eigenvalue weighted by Gasteiger charge is -2.09. The number of aromatic nitrogens is 2. The molecule has 0 bridgehead atoms. The van der Waals surface area contributed by atoms with Crippen molar-refractivity contribution in [3.05, 3.63) is 63.5 Å². The molecule has 0 spiro atoms. The summed E-state index contributed by atoms with van der Waals surface area (Å²) in [5.41, 5.74) is 2.85. The van der Waals surface area contributed by atoms with E-state index < -0.39 is 11.9 Å².